The summed E-state index contributed by atoms with van der Waals surface area (Å²) in [6, 6.07) is -0.144. The second kappa shape index (κ2) is 6.81. The minimum atomic E-state index is -0.144. The van der Waals surface area contributed by atoms with E-state index in [4.69, 9.17) is 5.11 Å². The predicted octanol–water partition coefficient (Wildman–Crippen LogP) is 1.73. The number of aromatic nitrogens is 2. The summed E-state index contributed by atoms with van der Waals surface area (Å²) in [6.45, 7) is 3.58. The van der Waals surface area contributed by atoms with Gasteiger partial charge in [0.05, 0.1) is 0 Å². The summed E-state index contributed by atoms with van der Waals surface area (Å²) < 4.78 is 0. The van der Waals surface area contributed by atoms with Crippen molar-refractivity contribution in [3.63, 3.8) is 0 Å². The lowest BCUT2D eigenvalue weighted by molar-refractivity contribution is 0.208. The van der Waals surface area contributed by atoms with Crippen molar-refractivity contribution in [3.8, 4) is 0 Å². The molecule has 1 aromatic heterocycles. The number of aliphatic hydroxyl groups excluding tert-OH is 1. The molecule has 1 aliphatic heterocycles. The molecule has 6 nitrogen and oxygen atoms in total. The van der Waals surface area contributed by atoms with Crippen LogP contribution in [0.1, 0.15) is 31.2 Å². The number of anilines is 1. The van der Waals surface area contributed by atoms with Gasteiger partial charge < -0.3 is 10.0 Å². The van der Waals surface area contributed by atoms with Gasteiger partial charge in [0.1, 0.15) is 5.01 Å². The summed E-state index contributed by atoms with van der Waals surface area (Å²) in [5.74, 6) is 0.209. The lowest BCUT2D eigenvalue weighted by Crippen LogP contribution is -2.33. The van der Waals surface area contributed by atoms with E-state index < -0.39 is 0 Å². The van der Waals surface area contributed by atoms with Gasteiger partial charge in [0, 0.05) is 32.0 Å². The molecule has 2 heterocycles. The topological polar surface area (TPSA) is 78.4 Å². The highest BCUT2D eigenvalue weighted by atomic mass is 32.1. The van der Waals surface area contributed by atoms with Gasteiger partial charge in [0.2, 0.25) is 5.13 Å². The largest absolute Gasteiger partial charge is 0.396 e. The maximum Gasteiger partial charge on any atom is 0.323 e. The maximum atomic E-state index is 12.0. The molecular weight excluding hydrogens is 264 g/mol. The molecule has 1 aliphatic rings. The Morgan fingerprint density at radius 1 is 1.58 bits per heavy atom. The van der Waals surface area contributed by atoms with Crippen molar-refractivity contribution in [2.24, 2.45) is 5.92 Å². The molecule has 0 aliphatic carbocycles. The van der Waals surface area contributed by atoms with Gasteiger partial charge in [-0.15, -0.1) is 10.2 Å². The number of rotatable bonds is 5. The molecule has 1 saturated heterocycles. The number of carbonyl (C=O) groups excluding carboxylic acids is 1. The number of aryl methyl sites for hydroxylation is 1. The molecule has 0 radical (unpaired) electrons. The van der Waals surface area contributed by atoms with Crippen LogP contribution >= 0.6 is 11.3 Å². The Morgan fingerprint density at radius 3 is 3.11 bits per heavy atom. The van der Waals surface area contributed by atoms with Crippen molar-refractivity contribution < 1.29 is 9.90 Å². The zero-order valence-corrected chi connectivity index (χ0v) is 11.9. The number of nitrogens with zero attached hydrogens (tertiary/aromatic N) is 3. The average molecular weight is 284 g/mol. The molecule has 19 heavy (non-hydrogen) atoms. The van der Waals surface area contributed by atoms with Crippen molar-refractivity contribution in [2.45, 2.75) is 32.6 Å². The maximum absolute atomic E-state index is 12.0. The predicted molar refractivity (Wildman–Crippen MR) is 74.3 cm³/mol. The Morgan fingerprint density at radius 2 is 2.42 bits per heavy atom. The van der Waals surface area contributed by atoms with Crippen LogP contribution in [-0.4, -0.2) is 45.9 Å². The van der Waals surface area contributed by atoms with E-state index in [1.165, 1.54) is 11.3 Å². The Bertz CT molecular complexity index is 424. The highest BCUT2D eigenvalue weighted by Gasteiger charge is 2.26. The van der Waals surface area contributed by atoms with E-state index in [-0.39, 0.29) is 18.6 Å². The number of unbranched alkanes of at least 4 members (excludes halogenated alkanes) is 1. The lowest BCUT2D eigenvalue weighted by atomic mass is 10.1. The first kappa shape index (κ1) is 14.2. The van der Waals surface area contributed by atoms with Gasteiger partial charge in [-0.25, -0.2) is 4.79 Å². The van der Waals surface area contributed by atoms with Crippen LogP contribution in [0.2, 0.25) is 0 Å². The van der Waals surface area contributed by atoms with Crippen LogP contribution in [0.25, 0.3) is 0 Å². The standard InChI is InChI=1S/C12H20N4O2S/c1-2-3-4-10-14-15-11(19-10)13-12(18)16-6-5-9(7-16)8-17/h9,17H,2-8H2,1H3,(H,13,15,18). The van der Waals surface area contributed by atoms with E-state index in [2.05, 4.69) is 22.4 Å². The van der Waals surface area contributed by atoms with Gasteiger partial charge in [0.25, 0.3) is 0 Å². The number of likely N-dealkylation sites (tertiary alicyclic amines) is 1. The number of nitrogens with one attached hydrogen (secondary N) is 1. The molecule has 0 spiro atoms. The fourth-order valence-corrected chi connectivity index (χ4v) is 2.84. The Labute approximate surface area is 116 Å². The number of carbonyl (C=O) groups is 1. The first-order valence-electron chi connectivity index (χ1n) is 6.72. The fourth-order valence-electron chi connectivity index (χ4n) is 2.07. The molecule has 1 aromatic rings. The van der Waals surface area contributed by atoms with E-state index in [9.17, 15) is 4.79 Å². The number of urea groups is 1. The molecule has 1 fully saturated rings. The number of aliphatic hydroxyl groups is 1. The minimum Gasteiger partial charge on any atom is -0.396 e. The third kappa shape index (κ3) is 3.87. The summed E-state index contributed by atoms with van der Waals surface area (Å²) >= 11 is 1.44. The van der Waals surface area contributed by atoms with E-state index in [0.29, 0.717) is 18.2 Å². The van der Waals surface area contributed by atoms with Crippen molar-refractivity contribution in [3.05, 3.63) is 5.01 Å². The summed E-state index contributed by atoms with van der Waals surface area (Å²) in [7, 11) is 0. The van der Waals surface area contributed by atoms with Crippen molar-refractivity contribution in [1.82, 2.24) is 15.1 Å². The highest BCUT2D eigenvalue weighted by Crippen LogP contribution is 2.20. The summed E-state index contributed by atoms with van der Waals surface area (Å²) in [6.07, 6.45) is 3.99. The van der Waals surface area contributed by atoms with Gasteiger partial charge >= 0.3 is 6.03 Å². The second-order valence-corrected chi connectivity index (χ2v) is 5.88. The van der Waals surface area contributed by atoms with Crippen LogP contribution in [-0.2, 0) is 6.42 Å². The molecule has 2 N–H and O–H groups in total. The molecule has 0 saturated carbocycles. The first-order chi connectivity index (χ1) is 9.22. The van der Waals surface area contributed by atoms with Crippen molar-refractivity contribution >= 4 is 22.5 Å². The molecule has 2 rings (SSSR count). The highest BCUT2D eigenvalue weighted by molar-refractivity contribution is 7.15. The van der Waals surface area contributed by atoms with Crippen LogP contribution in [0.3, 0.4) is 0 Å². The molecule has 1 atom stereocenters. The Hall–Kier alpha value is -1.21. The molecular formula is C12H20N4O2S. The third-order valence-corrected chi connectivity index (χ3v) is 4.15. The van der Waals surface area contributed by atoms with Gasteiger partial charge in [-0.3, -0.25) is 5.32 Å². The van der Waals surface area contributed by atoms with Crippen LogP contribution in [0.15, 0.2) is 0 Å². The zero-order valence-electron chi connectivity index (χ0n) is 11.1. The Kier molecular flexibility index (Phi) is 5.09. The summed E-state index contributed by atoms with van der Waals surface area (Å²) in [5.41, 5.74) is 0. The van der Waals surface area contributed by atoms with E-state index in [1.54, 1.807) is 4.90 Å². The van der Waals surface area contributed by atoms with E-state index in [0.717, 1.165) is 30.7 Å². The van der Waals surface area contributed by atoms with Gasteiger partial charge in [0.15, 0.2) is 0 Å². The van der Waals surface area contributed by atoms with Crippen molar-refractivity contribution in [1.29, 1.82) is 0 Å². The van der Waals surface area contributed by atoms with E-state index in [1.807, 2.05) is 0 Å². The van der Waals surface area contributed by atoms with Gasteiger partial charge in [-0.2, -0.15) is 0 Å². The van der Waals surface area contributed by atoms with E-state index >= 15 is 0 Å². The molecule has 0 bridgehead atoms. The third-order valence-electron chi connectivity index (χ3n) is 3.26. The summed E-state index contributed by atoms with van der Waals surface area (Å²) in [4.78, 5) is 13.7. The lowest BCUT2D eigenvalue weighted by Gasteiger charge is -2.15. The number of hydrogen-bond acceptors (Lipinski definition) is 5. The second-order valence-electron chi connectivity index (χ2n) is 4.82. The van der Waals surface area contributed by atoms with Gasteiger partial charge in [-0.1, -0.05) is 24.7 Å². The first-order valence-corrected chi connectivity index (χ1v) is 7.53. The monoisotopic (exact) mass is 284 g/mol. The normalized spacial score (nSPS) is 18.8. The fraction of sp³-hybridized carbons (Fsp3) is 0.750. The zero-order chi connectivity index (χ0) is 13.7. The smallest absolute Gasteiger partial charge is 0.323 e. The van der Waals surface area contributed by atoms with Crippen molar-refractivity contribution in [2.75, 3.05) is 25.0 Å². The van der Waals surface area contributed by atoms with Crippen LogP contribution in [0.5, 0.6) is 0 Å². The number of amides is 2. The quantitative estimate of drug-likeness (QED) is 0.863. The molecule has 1 unspecified atom stereocenters. The molecule has 0 aromatic carbocycles. The molecule has 2 amide bonds. The SMILES string of the molecule is CCCCc1nnc(NC(=O)N2CCC(CO)C2)s1. The minimum absolute atomic E-state index is 0.143. The van der Waals surface area contributed by atoms with Gasteiger partial charge in [-0.05, 0) is 12.8 Å². The van der Waals surface area contributed by atoms with Crippen LogP contribution in [0.4, 0.5) is 9.93 Å². The van der Waals surface area contributed by atoms with Crippen LogP contribution in [0, 0.1) is 5.92 Å². The Balaban J connectivity index is 1.83. The number of hydrogen-bond donors (Lipinski definition) is 2. The van der Waals surface area contributed by atoms with Crippen LogP contribution < -0.4 is 5.32 Å². The molecule has 7 heteroatoms. The summed E-state index contributed by atoms with van der Waals surface area (Å²) in [5, 5.41) is 21.4. The molecule has 106 valence electrons. The average Bonchev–Trinajstić information content (AvgIpc) is 3.05.